The standard InChI is InChI=1S/C18H16Br2N4OS/c1-2-16-22-23-18(24(16)13-6-4-3-5-7-13)26-11-17(25)21-15-10-12(19)8-9-14(15)20/h3-10H,2,11H2,1H3,(H,21,25). The number of aryl methyl sites for hydroxylation is 1. The molecule has 0 bridgehead atoms. The van der Waals surface area contributed by atoms with Gasteiger partial charge >= 0.3 is 0 Å². The van der Waals surface area contributed by atoms with Crippen molar-refractivity contribution in [1.82, 2.24) is 14.8 Å². The Morgan fingerprint density at radius 3 is 2.65 bits per heavy atom. The molecule has 8 heteroatoms. The lowest BCUT2D eigenvalue weighted by atomic mass is 10.3. The Balaban J connectivity index is 1.73. The average molecular weight is 496 g/mol. The van der Waals surface area contributed by atoms with Gasteiger partial charge in [0.25, 0.3) is 0 Å². The zero-order valence-electron chi connectivity index (χ0n) is 13.9. The number of carbonyl (C=O) groups is 1. The summed E-state index contributed by atoms with van der Waals surface area (Å²) in [5.74, 6) is 1.01. The fourth-order valence-corrected chi connectivity index (χ4v) is 3.85. The minimum absolute atomic E-state index is 0.102. The number of carbonyl (C=O) groups excluding carboxylic acids is 1. The second-order valence-corrected chi connectivity index (χ2v) is 8.10. The van der Waals surface area contributed by atoms with Crippen LogP contribution in [0, 0.1) is 0 Å². The molecule has 1 amide bonds. The summed E-state index contributed by atoms with van der Waals surface area (Å²) in [4.78, 5) is 12.3. The largest absolute Gasteiger partial charge is 0.324 e. The number of aromatic nitrogens is 3. The normalized spacial score (nSPS) is 10.7. The van der Waals surface area contributed by atoms with Crippen LogP contribution in [0.3, 0.4) is 0 Å². The van der Waals surface area contributed by atoms with Crippen molar-refractivity contribution in [3.05, 3.63) is 63.3 Å². The third-order valence-corrected chi connectivity index (χ3v) is 5.68. The molecule has 3 aromatic rings. The number of halogens is 2. The maximum Gasteiger partial charge on any atom is 0.234 e. The van der Waals surface area contributed by atoms with Crippen molar-refractivity contribution >= 4 is 55.2 Å². The predicted octanol–water partition coefficient (Wildman–Crippen LogP) is 5.09. The van der Waals surface area contributed by atoms with Gasteiger partial charge in [0.15, 0.2) is 5.16 Å². The Hall–Kier alpha value is -1.64. The summed E-state index contributed by atoms with van der Waals surface area (Å²) in [7, 11) is 0. The second kappa shape index (κ2) is 8.83. The van der Waals surface area contributed by atoms with E-state index in [9.17, 15) is 4.79 Å². The minimum Gasteiger partial charge on any atom is -0.324 e. The molecule has 0 spiro atoms. The van der Waals surface area contributed by atoms with E-state index >= 15 is 0 Å². The summed E-state index contributed by atoms with van der Waals surface area (Å²) < 4.78 is 3.73. The fourth-order valence-electron chi connectivity index (χ4n) is 2.37. The lowest BCUT2D eigenvalue weighted by Crippen LogP contribution is -2.15. The fraction of sp³-hybridized carbons (Fsp3) is 0.167. The van der Waals surface area contributed by atoms with Crippen LogP contribution in [0.4, 0.5) is 5.69 Å². The molecular weight excluding hydrogens is 480 g/mol. The first-order valence-corrected chi connectivity index (χ1v) is 10.5. The van der Waals surface area contributed by atoms with Crippen molar-refractivity contribution in [2.24, 2.45) is 0 Å². The number of anilines is 1. The Morgan fingerprint density at radius 1 is 1.15 bits per heavy atom. The van der Waals surface area contributed by atoms with E-state index in [0.29, 0.717) is 5.16 Å². The van der Waals surface area contributed by atoms with Gasteiger partial charge in [-0.2, -0.15) is 0 Å². The monoisotopic (exact) mass is 494 g/mol. The zero-order chi connectivity index (χ0) is 18.5. The number of para-hydroxylation sites is 1. The van der Waals surface area contributed by atoms with Crippen molar-refractivity contribution in [1.29, 1.82) is 0 Å². The number of benzene rings is 2. The van der Waals surface area contributed by atoms with Gasteiger partial charge in [0.05, 0.1) is 11.4 Å². The molecule has 1 aromatic heterocycles. The number of thioether (sulfide) groups is 1. The van der Waals surface area contributed by atoms with Crippen LogP contribution in [-0.2, 0) is 11.2 Å². The SMILES string of the molecule is CCc1nnc(SCC(=O)Nc2cc(Br)ccc2Br)n1-c1ccccc1. The van der Waals surface area contributed by atoms with Gasteiger partial charge in [0, 0.05) is 21.1 Å². The number of amides is 1. The van der Waals surface area contributed by atoms with Crippen molar-refractivity contribution in [2.45, 2.75) is 18.5 Å². The molecule has 0 atom stereocenters. The van der Waals surface area contributed by atoms with E-state index in [1.165, 1.54) is 11.8 Å². The van der Waals surface area contributed by atoms with Crippen molar-refractivity contribution < 1.29 is 4.79 Å². The number of nitrogens with zero attached hydrogens (tertiary/aromatic N) is 3. The third-order valence-electron chi connectivity index (χ3n) is 3.57. The van der Waals surface area contributed by atoms with Crippen LogP contribution in [-0.4, -0.2) is 26.4 Å². The highest BCUT2D eigenvalue weighted by molar-refractivity contribution is 9.11. The Labute approximate surface area is 172 Å². The quantitative estimate of drug-likeness (QED) is 0.484. The number of hydrogen-bond donors (Lipinski definition) is 1. The zero-order valence-corrected chi connectivity index (χ0v) is 17.9. The van der Waals surface area contributed by atoms with Gasteiger partial charge in [0.1, 0.15) is 5.82 Å². The van der Waals surface area contributed by atoms with Crippen LogP contribution in [0.1, 0.15) is 12.7 Å². The Bertz CT molecular complexity index is 915. The predicted molar refractivity (Wildman–Crippen MR) is 112 cm³/mol. The number of rotatable bonds is 6. The van der Waals surface area contributed by atoms with Gasteiger partial charge in [-0.25, -0.2) is 0 Å². The van der Waals surface area contributed by atoms with Gasteiger partial charge in [-0.3, -0.25) is 9.36 Å². The topological polar surface area (TPSA) is 59.8 Å². The van der Waals surface area contributed by atoms with Gasteiger partial charge in [-0.15, -0.1) is 10.2 Å². The molecule has 1 N–H and O–H groups in total. The highest BCUT2D eigenvalue weighted by Gasteiger charge is 2.15. The van der Waals surface area contributed by atoms with Gasteiger partial charge in [0.2, 0.25) is 5.91 Å². The van der Waals surface area contributed by atoms with E-state index in [2.05, 4.69) is 47.4 Å². The summed E-state index contributed by atoms with van der Waals surface area (Å²) in [5, 5.41) is 12.1. The maximum atomic E-state index is 12.3. The van der Waals surface area contributed by atoms with E-state index in [-0.39, 0.29) is 11.7 Å². The summed E-state index contributed by atoms with van der Waals surface area (Å²) in [6.07, 6.45) is 0.764. The molecular formula is C18H16Br2N4OS. The first-order valence-electron chi connectivity index (χ1n) is 7.96. The van der Waals surface area contributed by atoms with Crippen LogP contribution in [0.2, 0.25) is 0 Å². The molecule has 0 saturated carbocycles. The maximum absolute atomic E-state index is 12.3. The molecule has 0 aliphatic heterocycles. The second-order valence-electron chi connectivity index (χ2n) is 5.38. The molecule has 0 saturated heterocycles. The van der Waals surface area contributed by atoms with Crippen molar-refractivity contribution in [3.8, 4) is 5.69 Å². The van der Waals surface area contributed by atoms with E-state index in [0.717, 1.165) is 32.6 Å². The van der Waals surface area contributed by atoms with Crippen LogP contribution in [0.5, 0.6) is 0 Å². The molecule has 0 aliphatic rings. The van der Waals surface area contributed by atoms with Crippen LogP contribution in [0.15, 0.2) is 62.6 Å². The van der Waals surface area contributed by atoms with E-state index in [4.69, 9.17) is 0 Å². The number of nitrogens with one attached hydrogen (secondary N) is 1. The van der Waals surface area contributed by atoms with E-state index in [1.54, 1.807) is 0 Å². The highest BCUT2D eigenvalue weighted by atomic mass is 79.9. The summed E-state index contributed by atoms with van der Waals surface area (Å²) >= 11 is 8.22. The summed E-state index contributed by atoms with van der Waals surface area (Å²) in [6, 6.07) is 15.6. The molecule has 134 valence electrons. The van der Waals surface area contributed by atoms with Crippen LogP contribution >= 0.6 is 43.6 Å². The summed E-state index contributed by atoms with van der Waals surface area (Å²) in [6.45, 7) is 2.04. The molecule has 0 fully saturated rings. The molecule has 26 heavy (non-hydrogen) atoms. The molecule has 3 rings (SSSR count). The van der Waals surface area contributed by atoms with Crippen LogP contribution in [0.25, 0.3) is 5.69 Å². The first kappa shape index (κ1) is 19.1. The Morgan fingerprint density at radius 2 is 1.92 bits per heavy atom. The minimum atomic E-state index is -0.102. The average Bonchev–Trinajstić information content (AvgIpc) is 3.07. The van der Waals surface area contributed by atoms with Gasteiger partial charge < -0.3 is 5.32 Å². The van der Waals surface area contributed by atoms with E-state index < -0.39 is 0 Å². The van der Waals surface area contributed by atoms with E-state index in [1.807, 2.05) is 60.0 Å². The molecule has 2 aromatic carbocycles. The highest BCUT2D eigenvalue weighted by Crippen LogP contribution is 2.27. The lowest BCUT2D eigenvalue weighted by molar-refractivity contribution is -0.113. The summed E-state index contributed by atoms with van der Waals surface area (Å²) in [5.41, 5.74) is 1.72. The Kier molecular flexibility index (Phi) is 6.50. The van der Waals surface area contributed by atoms with Crippen molar-refractivity contribution in [3.63, 3.8) is 0 Å². The van der Waals surface area contributed by atoms with Gasteiger partial charge in [-0.05, 0) is 46.3 Å². The lowest BCUT2D eigenvalue weighted by Gasteiger charge is -2.10. The van der Waals surface area contributed by atoms with Crippen molar-refractivity contribution in [2.75, 3.05) is 11.1 Å². The molecule has 0 unspecified atom stereocenters. The molecule has 0 aliphatic carbocycles. The molecule has 1 heterocycles. The number of hydrogen-bond acceptors (Lipinski definition) is 4. The molecule has 0 radical (unpaired) electrons. The smallest absolute Gasteiger partial charge is 0.234 e. The molecule has 5 nitrogen and oxygen atoms in total. The third kappa shape index (κ3) is 4.55. The van der Waals surface area contributed by atoms with Gasteiger partial charge in [-0.1, -0.05) is 52.8 Å². The first-order chi connectivity index (χ1) is 12.6. The van der Waals surface area contributed by atoms with Crippen LogP contribution < -0.4 is 5.32 Å².